The minimum Gasteiger partial charge on any atom is -0.313 e. The number of nitrogens with zero attached hydrogens (tertiary/aromatic N) is 1. The quantitative estimate of drug-likeness (QED) is 0.805. The average molecular weight is 282 g/mol. The van der Waals surface area contributed by atoms with E-state index >= 15 is 0 Å². The average Bonchev–Trinajstić information content (AvgIpc) is 2.44. The Morgan fingerprint density at radius 3 is 2.95 bits per heavy atom. The summed E-state index contributed by atoms with van der Waals surface area (Å²) in [5.74, 6) is -0.728. The zero-order valence-corrected chi connectivity index (χ0v) is 12.2. The molecule has 2 nitrogen and oxygen atoms in total. The second-order valence-corrected chi connectivity index (χ2v) is 5.65. The van der Waals surface area contributed by atoms with E-state index in [1.54, 1.807) is 0 Å². The summed E-state index contributed by atoms with van der Waals surface area (Å²) in [6, 6.07) is 4.28. The summed E-state index contributed by atoms with van der Waals surface area (Å²) in [6.07, 6.45) is 4.98. The van der Waals surface area contributed by atoms with Crippen molar-refractivity contribution in [3.63, 3.8) is 0 Å². The number of nitrogens with one attached hydrogen (secondary N) is 1. The molecule has 4 heteroatoms. The summed E-state index contributed by atoms with van der Waals surface area (Å²) in [5.41, 5.74) is 0.399. The van der Waals surface area contributed by atoms with E-state index < -0.39 is 0 Å². The normalized spacial score (nSPS) is 20.2. The summed E-state index contributed by atoms with van der Waals surface area (Å²) in [7, 11) is 0. The smallest absolute Gasteiger partial charge is 0.127 e. The van der Waals surface area contributed by atoms with Crippen LogP contribution in [0.5, 0.6) is 0 Å². The molecular weight excluding hydrogens is 258 g/mol. The Morgan fingerprint density at radius 2 is 2.15 bits per heavy atom. The van der Waals surface area contributed by atoms with Gasteiger partial charge < -0.3 is 10.2 Å². The van der Waals surface area contributed by atoms with Gasteiger partial charge in [-0.05, 0) is 64.0 Å². The lowest BCUT2D eigenvalue weighted by molar-refractivity contribution is 0.159. The summed E-state index contributed by atoms with van der Waals surface area (Å²) in [5, 5.41) is 3.19. The first kappa shape index (κ1) is 15.4. The lowest BCUT2D eigenvalue weighted by atomic mass is 10.0. The maximum absolute atomic E-state index is 13.4. The molecule has 1 N–H and O–H groups in total. The van der Waals surface area contributed by atoms with Crippen LogP contribution in [-0.4, -0.2) is 30.6 Å². The lowest BCUT2D eigenvalue weighted by Gasteiger charge is -2.33. The molecule has 1 atom stereocenters. The predicted molar refractivity (Wildman–Crippen MR) is 77.6 cm³/mol. The van der Waals surface area contributed by atoms with Crippen LogP contribution in [0.15, 0.2) is 18.2 Å². The molecule has 0 bridgehead atoms. The van der Waals surface area contributed by atoms with E-state index in [1.165, 1.54) is 37.9 Å². The number of halogens is 2. The molecule has 1 aliphatic rings. The van der Waals surface area contributed by atoms with E-state index in [2.05, 4.69) is 17.1 Å². The van der Waals surface area contributed by atoms with E-state index in [0.29, 0.717) is 18.2 Å². The van der Waals surface area contributed by atoms with Crippen LogP contribution in [0.1, 0.15) is 38.2 Å². The highest BCUT2D eigenvalue weighted by Gasteiger charge is 2.16. The predicted octanol–water partition coefficient (Wildman–Crippen LogP) is 3.32. The molecule has 0 radical (unpaired) electrons. The SMILES string of the molecule is CC1CCCCN1CCCNCc1cc(F)ccc1F. The highest BCUT2D eigenvalue weighted by molar-refractivity contribution is 5.18. The van der Waals surface area contributed by atoms with Crippen LogP contribution < -0.4 is 5.32 Å². The number of rotatable bonds is 6. The summed E-state index contributed by atoms with van der Waals surface area (Å²) < 4.78 is 26.4. The van der Waals surface area contributed by atoms with Crippen LogP contribution in [0.3, 0.4) is 0 Å². The number of hydrogen-bond acceptors (Lipinski definition) is 2. The molecule has 1 saturated heterocycles. The van der Waals surface area contributed by atoms with Crippen molar-refractivity contribution in [3.8, 4) is 0 Å². The van der Waals surface area contributed by atoms with Gasteiger partial charge in [0.1, 0.15) is 11.6 Å². The van der Waals surface area contributed by atoms with Gasteiger partial charge in [0.15, 0.2) is 0 Å². The molecule has 1 aromatic rings. The molecule has 20 heavy (non-hydrogen) atoms. The molecule has 1 fully saturated rings. The fourth-order valence-corrected chi connectivity index (χ4v) is 2.80. The monoisotopic (exact) mass is 282 g/mol. The molecule has 1 aromatic carbocycles. The highest BCUT2D eigenvalue weighted by atomic mass is 19.1. The first-order valence-corrected chi connectivity index (χ1v) is 7.55. The zero-order chi connectivity index (χ0) is 14.4. The van der Waals surface area contributed by atoms with Crippen LogP contribution in [0.2, 0.25) is 0 Å². The van der Waals surface area contributed by atoms with Crippen molar-refractivity contribution < 1.29 is 8.78 Å². The molecule has 0 spiro atoms. The Bertz CT molecular complexity index is 423. The molecule has 112 valence electrons. The topological polar surface area (TPSA) is 15.3 Å². The Hall–Kier alpha value is -1.00. The third-order valence-corrected chi connectivity index (χ3v) is 4.06. The second kappa shape index (κ2) is 7.70. The summed E-state index contributed by atoms with van der Waals surface area (Å²) in [4.78, 5) is 2.52. The van der Waals surface area contributed by atoms with Crippen molar-refractivity contribution in [1.29, 1.82) is 0 Å². The first-order valence-electron chi connectivity index (χ1n) is 7.55. The van der Waals surface area contributed by atoms with Gasteiger partial charge in [0.25, 0.3) is 0 Å². The summed E-state index contributed by atoms with van der Waals surface area (Å²) in [6.45, 7) is 5.78. The molecule has 1 unspecified atom stereocenters. The van der Waals surface area contributed by atoms with Crippen molar-refractivity contribution >= 4 is 0 Å². The van der Waals surface area contributed by atoms with Crippen molar-refractivity contribution in [2.24, 2.45) is 0 Å². The minimum atomic E-state index is -0.384. The van der Waals surface area contributed by atoms with Crippen LogP contribution >= 0.6 is 0 Å². The van der Waals surface area contributed by atoms with Crippen molar-refractivity contribution in [1.82, 2.24) is 10.2 Å². The maximum atomic E-state index is 13.4. The third kappa shape index (κ3) is 4.53. The number of hydrogen-bond donors (Lipinski definition) is 1. The molecular formula is C16H24F2N2. The fraction of sp³-hybridized carbons (Fsp3) is 0.625. The Labute approximate surface area is 120 Å². The largest absolute Gasteiger partial charge is 0.313 e. The Morgan fingerprint density at radius 1 is 1.30 bits per heavy atom. The van der Waals surface area contributed by atoms with Gasteiger partial charge in [-0.1, -0.05) is 6.42 Å². The molecule has 0 aliphatic carbocycles. The second-order valence-electron chi connectivity index (χ2n) is 5.65. The number of piperidine rings is 1. The van der Waals surface area contributed by atoms with E-state index in [4.69, 9.17) is 0 Å². The highest BCUT2D eigenvalue weighted by Crippen LogP contribution is 2.16. The molecule has 2 rings (SSSR count). The molecule has 0 aromatic heterocycles. The van der Waals surface area contributed by atoms with Crippen LogP contribution in [0.4, 0.5) is 8.78 Å². The minimum absolute atomic E-state index is 0.344. The van der Waals surface area contributed by atoms with Crippen LogP contribution in [-0.2, 0) is 6.54 Å². The van der Waals surface area contributed by atoms with E-state index in [-0.39, 0.29) is 11.6 Å². The Balaban J connectivity index is 1.65. The van der Waals surface area contributed by atoms with Gasteiger partial charge in [0.2, 0.25) is 0 Å². The molecule has 0 saturated carbocycles. The van der Waals surface area contributed by atoms with E-state index in [0.717, 1.165) is 25.6 Å². The number of likely N-dealkylation sites (tertiary alicyclic amines) is 1. The molecule has 1 heterocycles. The van der Waals surface area contributed by atoms with Crippen molar-refractivity contribution in [3.05, 3.63) is 35.4 Å². The molecule has 0 amide bonds. The Kier molecular flexibility index (Phi) is 5.92. The van der Waals surface area contributed by atoms with E-state index in [1.807, 2.05) is 0 Å². The van der Waals surface area contributed by atoms with Gasteiger partial charge in [-0.3, -0.25) is 0 Å². The summed E-state index contributed by atoms with van der Waals surface area (Å²) >= 11 is 0. The van der Waals surface area contributed by atoms with Crippen LogP contribution in [0, 0.1) is 11.6 Å². The number of benzene rings is 1. The molecule has 1 aliphatic heterocycles. The lowest BCUT2D eigenvalue weighted by Crippen LogP contribution is -2.38. The van der Waals surface area contributed by atoms with Crippen molar-refractivity contribution in [2.45, 2.75) is 45.2 Å². The van der Waals surface area contributed by atoms with E-state index in [9.17, 15) is 8.78 Å². The fourth-order valence-electron chi connectivity index (χ4n) is 2.80. The van der Waals surface area contributed by atoms with Crippen LogP contribution in [0.25, 0.3) is 0 Å². The van der Waals surface area contributed by atoms with Gasteiger partial charge in [-0.25, -0.2) is 8.78 Å². The zero-order valence-electron chi connectivity index (χ0n) is 12.2. The van der Waals surface area contributed by atoms with Gasteiger partial charge in [-0.15, -0.1) is 0 Å². The van der Waals surface area contributed by atoms with Crippen molar-refractivity contribution in [2.75, 3.05) is 19.6 Å². The van der Waals surface area contributed by atoms with Gasteiger partial charge >= 0.3 is 0 Å². The van der Waals surface area contributed by atoms with Gasteiger partial charge in [-0.2, -0.15) is 0 Å². The maximum Gasteiger partial charge on any atom is 0.127 e. The third-order valence-electron chi connectivity index (χ3n) is 4.06. The standard InChI is InChI=1S/C16H24F2N2/c1-13-5-2-3-9-20(13)10-4-8-19-12-14-11-15(17)6-7-16(14)18/h6-7,11,13,19H,2-5,8-10,12H2,1H3. The van der Waals surface area contributed by atoms with Gasteiger partial charge in [0, 0.05) is 18.2 Å². The van der Waals surface area contributed by atoms with Gasteiger partial charge in [0.05, 0.1) is 0 Å². The first-order chi connectivity index (χ1) is 9.66.